The monoisotopic (exact) mass is 538 g/mol. The predicted molar refractivity (Wildman–Crippen MR) is 159 cm³/mol. The number of urea groups is 1. The van der Waals surface area contributed by atoms with E-state index in [9.17, 15) is 4.79 Å². The van der Waals surface area contributed by atoms with E-state index >= 15 is 0 Å². The molecular weight excluding hydrogens is 504 g/mol. The summed E-state index contributed by atoms with van der Waals surface area (Å²) in [6, 6.07) is 26.1. The van der Waals surface area contributed by atoms with Crippen LogP contribution in [0, 0.1) is 0 Å². The molecule has 2 aliphatic rings. The lowest BCUT2D eigenvalue weighted by atomic mass is 10.2. The van der Waals surface area contributed by atoms with Gasteiger partial charge >= 0.3 is 6.03 Å². The maximum atomic E-state index is 12.8. The third-order valence-corrected chi connectivity index (χ3v) is 7.53. The fourth-order valence-corrected chi connectivity index (χ4v) is 5.30. The van der Waals surface area contributed by atoms with Gasteiger partial charge in [-0.25, -0.2) is 9.78 Å². The Labute approximate surface area is 234 Å². The van der Waals surface area contributed by atoms with E-state index in [2.05, 4.69) is 68.0 Å². The minimum absolute atomic E-state index is 0.179. The Morgan fingerprint density at radius 2 is 1.38 bits per heavy atom. The van der Waals surface area contributed by atoms with Crippen LogP contribution in [0.5, 0.6) is 5.75 Å². The number of aromatic nitrogens is 2. The molecule has 4 aromatic rings. The van der Waals surface area contributed by atoms with Crippen molar-refractivity contribution in [2.24, 2.45) is 0 Å². The molecule has 2 aliphatic heterocycles. The number of para-hydroxylation sites is 4. The molecule has 3 aromatic carbocycles. The highest BCUT2D eigenvalue weighted by molar-refractivity contribution is 5.90. The minimum atomic E-state index is -0.179. The van der Waals surface area contributed by atoms with Gasteiger partial charge in [0.25, 0.3) is 0 Å². The Balaban J connectivity index is 1.12. The van der Waals surface area contributed by atoms with Crippen molar-refractivity contribution in [2.75, 3.05) is 79.6 Å². The third kappa shape index (κ3) is 5.38. The summed E-state index contributed by atoms with van der Waals surface area (Å²) in [4.78, 5) is 31.6. The van der Waals surface area contributed by atoms with Crippen molar-refractivity contribution >= 4 is 40.1 Å². The van der Waals surface area contributed by atoms with Gasteiger partial charge in [-0.15, -0.1) is 0 Å². The van der Waals surface area contributed by atoms with Gasteiger partial charge in [-0.05, 0) is 36.4 Å². The number of methoxy groups -OCH3 is 1. The van der Waals surface area contributed by atoms with E-state index in [1.807, 2.05) is 36.4 Å². The van der Waals surface area contributed by atoms with Gasteiger partial charge in [-0.3, -0.25) is 10.9 Å². The maximum absolute atomic E-state index is 12.8. The number of benzene rings is 3. The van der Waals surface area contributed by atoms with Crippen LogP contribution in [0.15, 0.2) is 78.9 Å². The molecule has 40 heavy (non-hydrogen) atoms. The molecule has 10 heteroatoms. The summed E-state index contributed by atoms with van der Waals surface area (Å²) < 4.78 is 5.34. The Kier molecular flexibility index (Phi) is 7.39. The van der Waals surface area contributed by atoms with Crippen LogP contribution in [0.1, 0.15) is 0 Å². The molecule has 2 amide bonds. The van der Waals surface area contributed by atoms with Gasteiger partial charge in [0.15, 0.2) is 0 Å². The van der Waals surface area contributed by atoms with Gasteiger partial charge in [0.2, 0.25) is 5.95 Å². The number of ether oxygens (including phenoxy) is 1. The van der Waals surface area contributed by atoms with Crippen LogP contribution < -0.4 is 30.3 Å². The van der Waals surface area contributed by atoms with E-state index in [-0.39, 0.29) is 6.03 Å². The molecule has 0 spiro atoms. The zero-order valence-electron chi connectivity index (χ0n) is 22.7. The molecule has 2 saturated heterocycles. The number of rotatable bonds is 6. The zero-order chi connectivity index (χ0) is 27.3. The second kappa shape index (κ2) is 11.6. The van der Waals surface area contributed by atoms with Crippen molar-refractivity contribution in [3.8, 4) is 5.75 Å². The summed E-state index contributed by atoms with van der Waals surface area (Å²) in [5.74, 6) is 2.36. The van der Waals surface area contributed by atoms with Crippen molar-refractivity contribution in [1.82, 2.24) is 20.3 Å². The molecule has 2 N–H and O–H groups in total. The van der Waals surface area contributed by atoms with Gasteiger partial charge in [-0.2, -0.15) is 4.98 Å². The molecule has 0 radical (unpaired) electrons. The normalized spacial score (nSPS) is 15.7. The van der Waals surface area contributed by atoms with Crippen LogP contribution in [-0.4, -0.2) is 80.4 Å². The topological polar surface area (TPSA) is 89.1 Å². The van der Waals surface area contributed by atoms with Gasteiger partial charge in [0, 0.05) is 63.4 Å². The first-order chi connectivity index (χ1) is 19.7. The lowest BCUT2D eigenvalue weighted by molar-refractivity contribution is 0.196. The van der Waals surface area contributed by atoms with Gasteiger partial charge in [0.05, 0.1) is 18.3 Å². The highest BCUT2D eigenvalue weighted by Crippen LogP contribution is 2.29. The number of fused-ring (bicyclic) bond motifs is 1. The standard InChI is InChI=1S/C30H34N8O2/c1-40-27-14-8-7-13-26(27)33-34-30(39)38-21-19-37(20-22-38)29-31-25-12-6-5-11-24(25)28(32-29)36-17-15-35(16-18-36)23-9-3-2-4-10-23/h2-14,33H,15-22H2,1H3,(H,34,39). The largest absolute Gasteiger partial charge is 0.495 e. The molecule has 2 fully saturated rings. The van der Waals surface area contributed by atoms with Gasteiger partial charge in [-0.1, -0.05) is 42.5 Å². The number of carbonyl (C=O) groups is 1. The molecule has 0 bridgehead atoms. The summed E-state index contributed by atoms with van der Waals surface area (Å²) >= 11 is 0. The number of nitrogens with one attached hydrogen (secondary N) is 2. The third-order valence-electron chi connectivity index (χ3n) is 7.53. The van der Waals surface area contributed by atoms with Gasteiger partial charge < -0.3 is 24.3 Å². The molecule has 206 valence electrons. The maximum Gasteiger partial charge on any atom is 0.336 e. The van der Waals surface area contributed by atoms with E-state index in [0.29, 0.717) is 43.6 Å². The summed E-state index contributed by atoms with van der Waals surface area (Å²) in [5.41, 5.74) is 8.66. The molecule has 3 heterocycles. The zero-order valence-corrected chi connectivity index (χ0v) is 22.7. The van der Waals surface area contributed by atoms with Crippen LogP contribution in [0.4, 0.5) is 27.9 Å². The van der Waals surface area contributed by atoms with Crippen molar-refractivity contribution in [3.63, 3.8) is 0 Å². The molecule has 0 atom stereocenters. The summed E-state index contributed by atoms with van der Waals surface area (Å²) in [5, 5.41) is 1.07. The van der Waals surface area contributed by atoms with E-state index in [1.165, 1.54) is 5.69 Å². The molecule has 0 unspecified atom stereocenters. The number of carbonyl (C=O) groups excluding carboxylic acids is 1. The summed E-state index contributed by atoms with van der Waals surface area (Å²) in [7, 11) is 1.60. The molecule has 1 aromatic heterocycles. The lowest BCUT2D eigenvalue weighted by Crippen LogP contribution is -2.53. The minimum Gasteiger partial charge on any atom is -0.495 e. The summed E-state index contributed by atoms with van der Waals surface area (Å²) in [6.07, 6.45) is 0. The van der Waals surface area contributed by atoms with Crippen LogP contribution in [0.2, 0.25) is 0 Å². The molecule has 10 nitrogen and oxygen atoms in total. The number of hydrogen-bond donors (Lipinski definition) is 2. The number of hydrazine groups is 1. The molecule has 6 rings (SSSR count). The number of anilines is 4. The Bertz CT molecular complexity index is 1450. The molecule has 0 aliphatic carbocycles. The highest BCUT2D eigenvalue weighted by atomic mass is 16.5. The van der Waals surface area contributed by atoms with Crippen molar-refractivity contribution in [1.29, 1.82) is 0 Å². The number of piperazine rings is 2. The van der Waals surface area contributed by atoms with Crippen LogP contribution in [0.25, 0.3) is 10.9 Å². The predicted octanol–water partition coefficient (Wildman–Crippen LogP) is 3.82. The first-order valence-electron chi connectivity index (χ1n) is 13.7. The Hall–Kier alpha value is -4.73. The average Bonchev–Trinajstić information content (AvgIpc) is 3.04. The SMILES string of the molecule is COc1ccccc1NNC(=O)N1CCN(c2nc(N3CCN(c4ccccc4)CC3)c3ccccc3n2)CC1. The highest BCUT2D eigenvalue weighted by Gasteiger charge is 2.26. The van der Waals surface area contributed by atoms with E-state index in [0.717, 1.165) is 42.9 Å². The first kappa shape index (κ1) is 25.5. The molecular formula is C30H34N8O2. The van der Waals surface area contributed by atoms with Gasteiger partial charge in [0.1, 0.15) is 11.6 Å². The fraction of sp³-hybridized carbons (Fsp3) is 0.300. The van der Waals surface area contributed by atoms with Crippen molar-refractivity contribution in [3.05, 3.63) is 78.9 Å². The van der Waals surface area contributed by atoms with Crippen LogP contribution in [-0.2, 0) is 0 Å². The number of amides is 2. The fourth-order valence-electron chi connectivity index (χ4n) is 5.30. The van der Waals surface area contributed by atoms with E-state index < -0.39 is 0 Å². The van der Waals surface area contributed by atoms with E-state index in [1.54, 1.807) is 12.0 Å². The van der Waals surface area contributed by atoms with E-state index in [4.69, 9.17) is 14.7 Å². The second-order valence-corrected chi connectivity index (χ2v) is 9.90. The Morgan fingerprint density at radius 1 is 0.725 bits per heavy atom. The first-order valence-corrected chi connectivity index (χ1v) is 13.7. The molecule has 0 saturated carbocycles. The quantitative estimate of drug-likeness (QED) is 0.358. The van der Waals surface area contributed by atoms with Crippen molar-refractivity contribution in [2.45, 2.75) is 0 Å². The Morgan fingerprint density at radius 3 is 2.15 bits per heavy atom. The lowest BCUT2D eigenvalue weighted by Gasteiger charge is -2.38. The average molecular weight is 539 g/mol. The van der Waals surface area contributed by atoms with Crippen LogP contribution in [0.3, 0.4) is 0 Å². The smallest absolute Gasteiger partial charge is 0.336 e. The number of nitrogens with zero attached hydrogens (tertiary/aromatic N) is 6. The van der Waals surface area contributed by atoms with Crippen LogP contribution >= 0.6 is 0 Å². The summed E-state index contributed by atoms with van der Waals surface area (Å²) in [6.45, 7) is 6.11. The van der Waals surface area contributed by atoms with Crippen molar-refractivity contribution < 1.29 is 9.53 Å². The second-order valence-electron chi connectivity index (χ2n) is 9.90. The number of hydrogen-bond acceptors (Lipinski definition) is 8.